The third-order valence-corrected chi connectivity index (χ3v) is 3.12. The zero-order valence-corrected chi connectivity index (χ0v) is 13.3. The molecule has 0 fully saturated rings. The third kappa shape index (κ3) is 10.9. The lowest BCUT2D eigenvalue weighted by atomic mass is 10.4. The Morgan fingerprint density at radius 2 is 1.67 bits per heavy atom. The molecule has 1 rings (SSSR count). The maximum absolute atomic E-state index is 11.3. The molecular formula is C10H18Cl2N2O2S2. The lowest BCUT2D eigenvalue weighted by Gasteiger charge is -2.03. The zero-order valence-electron chi connectivity index (χ0n) is 10.1. The minimum atomic E-state index is -1.06. The molecule has 106 valence electrons. The van der Waals surface area contributed by atoms with Crippen molar-refractivity contribution in [2.45, 2.75) is 24.1 Å². The van der Waals surface area contributed by atoms with Gasteiger partial charge in [0.15, 0.2) is 0 Å². The number of nitrogens with two attached hydrogens (primary N) is 2. The van der Waals surface area contributed by atoms with Gasteiger partial charge in [0.1, 0.15) is 11.3 Å². The summed E-state index contributed by atoms with van der Waals surface area (Å²) in [5.41, 5.74) is 10.3. The van der Waals surface area contributed by atoms with Gasteiger partial charge in [-0.25, -0.2) is 4.21 Å². The lowest BCUT2D eigenvalue weighted by molar-refractivity contribution is 0.675. The average Bonchev–Trinajstić information content (AvgIpc) is 2.29. The number of hydrogen-bond acceptors (Lipinski definition) is 3. The highest BCUT2D eigenvalue weighted by atomic mass is 35.5. The van der Waals surface area contributed by atoms with Crippen LogP contribution < -0.4 is 11.5 Å². The maximum atomic E-state index is 11.3. The predicted molar refractivity (Wildman–Crippen MR) is 84.0 cm³/mol. The van der Waals surface area contributed by atoms with Gasteiger partial charge >= 0.3 is 0 Å². The largest absolute Gasteiger partial charge is 0.317 e. The van der Waals surface area contributed by atoms with Crippen LogP contribution in [0.1, 0.15) is 13.8 Å². The van der Waals surface area contributed by atoms with E-state index in [1.54, 1.807) is 13.8 Å². The Labute approximate surface area is 126 Å². The van der Waals surface area contributed by atoms with Crippen LogP contribution in [0.4, 0.5) is 0 Å². The summed E-state index contributed by atoms with van der Waals surface area (Å²) in [6.45, 7) is 3.31. The highest BCUT2D eigenvalue weighted by molar-refractivity contribution is 7.85. The molecule has 0 aliphatic heterocycles. The van der Waals surface area contributed by atoms with Crippen LogP contribution in [0.2, 0.25) is 0 Å². The molecule has 0 saturated carbocycles. The van der Waals surface area contributed by atoms with Crippen molar-refractivity contribution in [2.75, 3.05) is 0 Å². The van der Waals surface area contributed by atoms with E-state index in [2.05, 4.69) is 0 Å². The second-order valence-corrected chi connectivity index (χ2v) is 5.63. The van der Waals surface area contributed by atoms with Crippen LogP contribution in [0.5, 0.6) is 0 Å². The van der Waals surface area contributed by atoms with E-state index in [9.17, 15) is 8.42 Å². The van der Waals surface area contributed by atoms with E-state index in [1.807, 2.05) is 30.3 Å². The summed E-state index contributed by atoms with van der Waals surface area (Å²) in [6.07, 6.45) is 0. The Morgan fingerprint density at radius 1 is 1.28 bits per heavy atom. The molecule has 0 heterocycles. The summed E-state index contributed by atoms with van der Waals surface area (Å²) in [6, 6.07) is 9.24. The first kappa shape index (κ1) is 22.9. The fourth-order valence-electron chi connectivity index (χ4n) is 0.769. The van der Waals surface area contributed by atoms with E-state index in [-0.39, 0.29) is 30.2 Å². The molecule has 0 amide bonds. The smallest absolute Gasteiger partial charge is 0.103 e. The molecule has 0 aromatic heterocycles. The fraction of sp³-hybridized carbons (Fsp3) is 0.300. The molecule has 2 unspecified atom stereocenters. The third-order valence-electron chi connectivity index (χ3n) is 1.44. The first-order valence-electron chi connectivity index (χ1n) is 4.59. The number of halogens is 2. The Bertz CT molecular complexity index is 392. The van der Waals surface area contributed by atoms with Crippen LogP contribution in [0, 0.1) is 0 Å². The van der Waals surface area contributed by atoms with Gasteiger partial charge < -0.3 is 5.73 Å². The molecule has 8 heteroatoms. The molecule has 0 spiro atoms. The van der Waals surface area contributed by atoms with Crippen molar-refractivity contribution in [2.24, 2.45) is 11.5 Å². The topological polar surface area (TPSA) is 86.2 Å². The Hall–Kier alpha value is -0.240. The van der Waals surface area contributed by atoms with Crippen molar-refractivity contribution in [1.29, 1.82) is 0 Å². The zero-order chi connectivity index (χ0) is 12.6. The standard InChI is InChI=1S/C8H11NOS.C2H5NOS.2ClH/c1-7(9)11(10)8-5-3-2-4-6-8;1-2(3)5-4;;/h2-7H,9H2,1H3;3H2,1H3;2*1H. The van der Waals surface area contributed by atoms with Crippen molar-refractivity contribution in [3.05, 3.63) is 30.3 Å². The molecule has 4 N–H and O–H groups in total. The Morgan fingerprint density at radius 3 is 1.94 bits per heavy atom. The van der Waals surface area contributed by atoms with Gasteiger partial charge in [0.25, 0.3) is 0 Å². The molecular weight excluding hydrogens is 315 g/mol. The van der Waals surface area contributed by atoms with Crippen molar-refractivity contribution < 1.29 is 8.42 Å². The van der Waals surface area contributed by atoms with E-state index in [0.29, 0.717) is 16.2 Å². The summed E-state index contributed by atoms with van der Waals surface area (Å²) in [7, 11) is -1.06. The van der Waals surface area contributed by atoms with E-state index >= 15 is 0 Å². The van der Waals surface area contributed by atoms with E-state index in [0.717, 1.165) is 4.90 Å². The lowest BCUT2D eigenvalue weighted by Crippen LogP contribution is -2.21. The molecule has 4 nitrogen and oxygen atoms in total. The number of rotatable bonds is 2. The second kappa shape index (κ2) is 13.2. The highest BCUT2D eigenvalue weighted by Gasteiger charge is 2.06. The van der Waals surface area contributed by atoms with Gasteiger partial charge in [-0.05, 0) is 26.0 Å². The molecule has 0 bridgehead atoms. The average molecular weight is 333 g/mol. The van der Waals surface area contributed by atoms with Crippen molar-refractivity contribution >= 4 is 51.9 Å². The van der Waals surface area contributed by atoms with Gasteiger partial charge in [0.2, 0.25) is 0 Å². The summed E-state index contributed by atoms with van der Waals surface area (Å²) in [5, 5.41) is -0.294. The van der Waals surface area contributed by atoms with Crippen LogP contribution in [-0.4, -0.2) is 18.8 Å². The normalized spacial score (nSPS) is 11.6. The van der Waals surface area contributed by atoms with Gasteiger partial charge in [0.05, 0.1) is 21.2 Å². The molecule has 2 atom stereocenters. The highest BCUT2D eigenvalue weighted by Crippen LogP contribution is 2.06. The summed E-state index contributed by atoms with van der Waals surface area (Å²) < 4.78 is 20.7. The van der Waals surface area contributed by atoms with Gasteiger partial charge in [-0.1, -0.05) is 18.2 Å². The SMILES string of the molecule is CC(N)=S=O.CC(N)S(=O)c1ccccc1.Cl.Cl. The summed E-state index contributed by atoms with van der Waals surface area (Å²) in [4.78, 5) is 1.16. The fourth-order valence-corrected chi connectivity index (χ4v) is 1.62. The van der Waals surface area contributed by atoms with Crippen LogP contribution in [-0.2, 0) is 22.1 Å². The van der Waals surface area contributed by atoms with Gasteiger partial charge in [0, 0.05) is 4.90 Å². The predicted octanol–water partition coefficient (Wildman–Crippen LogP) is 1.25. The molecule has 18 heavy (non-hydrogen) atoms. The van der Waals surface area contributed by atoms with E-state index in [4.69, 9.17) is 11.5 Å². The second-order valence-electron chi connectivity index (χ2n) is 3.01. The van der Waals surface area contributed by atoms with Crippen molar-refractivity contribution in [1.82, 2.24) is 0 Å². The number of benzene rings is 1. The molecule has 1 aromatic rings. The monoisotopic (exact) mass is 332 g/mol. The minimum absolute atomic E-state index is 0. The minimum Gasteiger partial charge on any atom is -0.317 e. The first-order chi connectivity index (χ1) is 7.49. The summed E-state index contributed by atoms with van der Waals surface area (Å²) >= 11 is 0.324. The molecule has 0 radical (unpaired) electrons. The quantitative estimate of drug-likeness (QED) is 0.798. The maximum Gasteiger partial charge on any atom is 0.103 e. The molecule has 0 aliphatic carbocycles. The van der Waals surface area contributed by atoms with Crippen molar-refractivity contribution in [3.63, 3.8) is 0 Å². The molecule has 1 aromatic carbocycles. The number of hydrogen-bond donors (Lipinski definition) is 2. The van der Waals surface area contributed by atoms with Crippen LogP contribution >= 0.6 is 24.8 Å². The van der Waals surface area contributed by atoms with E-state index < -0.39 is 10.8 Å². The van der Waals surface area contributed by atoms with Crippen molar-refractivity contribution in [3.8, 4) is 0 Å². The van der Waals surface area contributed by atoms with E-state index in [1.165, 1.54) is 0 Å². The Balaban J connectivity index is -0.000000282. The van der Waals surface area contributed by atoms with Crippen LogP contribution in [0.25, 0.3) is 0 Å². The van der Waals surface area contributed by atoms with Crippen LogP contribution in [0.15, 0.2) is 35.2 Å². The van der Waals surface area contributed by atoms with Crippen LogP contribution in [0.3, 0.4) is 0 Å². The Kier molecular flexibility index (Phi) is 16.8. The molecule has 0 aliphatic rings. The molecule has 0 saturated heterocycles. The first-order valence-corrected chi connectivity index (χ1v) is 6.54. The summed E-state index contributed by atoms with van der Waals surface area (Å²) in [5.74, 6) is 0. The van der Waals surface area contributed by atoms with Gasteiger partial charge in [-0.2, -0.15) is 0 Å². The van der Waals surface area contributed by atoms with Gasteiger partial charge in [-0.3, -0.25) is 9.94 Å². The van der Waals surface area contributed by atoms with Gasteiger partial charge in [-0.15, -0.1) is 24.8 Å².